The average molecular weight is 344 g/mol. The largest absolute Gasteiger partial charge is 0.338 e. The van der Waals surface area contributed by atoms with Crippen molar-refractivity contribution >= 4 is 10.8 Å². The van der Waals surface area contributed by atoms with Crippen molar-refractivity contribution in [2.24, 2.45) is 0 Å². The molecule has 126 valence electrons. The molecule has 3 aromatic rings. The van der Waals surface area contributed by atoms with Crippen LogP contribution in [0.1, 0.15) is 38.2 Å². The van der Waals surface area contributed by atoms with Gasteiger partial charge >= 0.3 is 0 Å². The van der Waals surface area contributed by atoms with Crippen molar-refractivity contribution in [3.63, 3.8) is 0 Å². The summed E-state index contributed by atoms with van der Waals surface area (Å²) in [6.45, 7) is 6.03. The predicted molar refractivity (Wildman–Crippen MR) is 92.1 cm³/mol. The summed E-state index contributed by atoms with van der Waals surface area (Å²) < 4.78 is 19.3. The average Bonchev–Trinajstić information content (AvgIpc) is 3.17. The Kier molecular flexibility index (Phi) is 4.62. The molecule has 0 bridgehead atoms. The fraction of sp³-hybridized carbons (Fsp3) is 0.353. The first-order valence-corrected chi connectivity index (χ1v) is 9.18. The Labute approximate surface area is 143 Å². The maximum absolute atomic E-state index is 12.3. The number of rotatable bonds is 5. The van der Waals surface area contributed by atoms with E-state index in [0.717, 1.165) is 11.4 Å². The zero-order valence-electron chi connectivity index (χ0n) is 14.0. The third-order valence-corrected chi connectivity index (χ3v) is 4.58. The molecule has 0 saturated heterocycles. The van der Waals surface area contributed by atoms with E-state index >= 15 is 0 Å². The van der Waals surface area contributed by atoms with Crippen LogP contribution in [0.3, 0.4) is 0 Å². The molecule has 0 amide bonds. The second-order valence-electron chi connectivity index (χ2n) is 6.58. The summed E-state index contributed by atoms with van der Waals surface area (Å²) in [5.74, 6) is 1.62. The van der Waals surface area contributed by atoms with Gasteiger partial charge in [0.2, 0.25) is 5.89 Å². The van der Waals surface area contributed by atoms with Gasteiger partial charge in [-0.15, -0.1) is 0 Å². The summed E-state index contributed by atoms with van der Waals surface area (Å²) >= 11 is 0. The van der Waals surface area contributed by atoms with Crippen LogP contribution in [0.25, 0.3) is 5.69 Å². The Hall–Kier alpha value is -2.28. The van der Waals surface area contributed by atoms with Gasteiger partial charge in [-0.1, -0.05) is 44.1 Å². The molecular weight excluding hydrogens is 324 g/mol. The van der Waals surface area contributed by atoms with Gasteiger partial charge in [0.15, 0.2) is 5.82 Å². The normalized spacial score (nSPS) is 13.1. The Morgan fingerprint density at radius 2 is 1.88 bits per heavy atom. The molecule has 2 heterocycles. The van der Waals surface area contributed by atoms with Gasteiger partial charge in [-0.3, -0.25) is 4.21 Å². The van der Waals surface area contributed by atoms with E-state index in [2.05, 4.69) is 15.2 Å². The highest BCUT2D eigenvalue weighted by Gasteiger charge is 2.21. The van der Waals surface area contributed by atoms with Gasteiger partial charge in [-0.05, 0) is 18.2 Å². The van der Waals surface area contributed by atoms with Crippen molar-refractivity contribution in [3.05, 3.63) is 60.0 Å². The molecule has 0 N–H and O–H groups in total. The maximum Gasteiger partial charge on any atom is 0.239 e. The monoisotopic (exact) mass is 344 g/mol. The summed E-state index contributed by atoms with van der Waals surface area (Å²) in [4.78, 5) is 4.32. The molecule has 1 unspecified atom stereocenters. The maximum atomic E-state index is 12.3. The van der Waals surface area contributed by atoms with Crippen LogP contribution in [-0.2, 0) is 27.7 Å². The topological polar surface area (TPSA) is 73.8 Å². The quantitative estimate of drug-likeness (QED) is 0.711. The smallest absolute Gasteiger partial charge is 0.239 e. The summed E-state index contributed by atoms with van der Waals surface area (Å²) in [7, 11) is -1.15. The third kappa shape index (κ3) is 3.97. The second-order valence-corrected chi connectivity index (χ2v) is 8.03. The number of hydrogen-bond donors (Lipinski definition) is 0. The van der Waals surface area contributed by atoms with Gasteiger partial charge in [-0.2, -0.15) is 10.1 Å². The van der Waals surface area contributed by atoms with Crippen LogP contribution in [0.4, 0.5) is 0 Å². The van der Waals surface area contributed by atoms with Crippen molar-refractivity contribution in [1.29, 1.82) is 0 Å². The molecule has 0 fully saturated rings. The summed E-state index contributed by atoms with van der Waals surface area (Å²) in [6.07, 6.45) is 1.87. The predicted octanol–water partition coefficient (Wildman–Crippen LogP) is 3.00. The SMILES string of the molecule is CC(C)(C)c1noc(CS(=O)Cc2ccn(-c3ccccc3)n2)n1. The van der Waals surface area contributed by atoms with E-state index in [1.807, 2.05) is 63.4 Å². The minimum absolute atomic E-state index is 0.183. The summed E-state index contributed by atoms with van der Waals surface area (Å²) in [5, 5.41) is 8.41. The summed E-state index contributed by atoms with van der Waals surface area (Å²) in [6, 6.07) is 11.7. The van der Waals surface area contributed by atoms with E-state index in [0.29, 0.717) is 17.5 Å². The molecule has 6 nitrogen and oxygen atoms in total. The van der Waals surface area contributed by atoms with Crippen molar-refractivity contribution in [2.45, 2.75) is 37.7 Å². The molecule has 0 saturated carbocycles. The fourth-order valence-electron chi connectivity index (χ4n) is 2.14. The molecular formula is C17H20N4O2S. The zero-order valence-corrected chi connectivity index (χ0v) is 14.8. The Morgan fingerprint density at radius 3 is 2.54 bits per heavy atom. The van der Waals surface area contributed by atoms with Crippen molar-refractivity contribution in [2.75, 3.05) is 0 Å². The minimum Gasteiger partial charge on any atom is -0.338 e. The van der Waals surface area contributed by atoms with Crippen molar-refractivity contribution in [3.8, 4) is 5.69 Å². The number of aromatic nitrogens is 4. The molecule has 0 aliphatic heterocycles. The lowest BCUT2D eigenvalue weighted by atomic mass is 9.96. The van der Waals surface area contributed by atoms with Gasteiger partial charge in [0.1, 0.15) is 5.75 Å². The third-order valence-electron chi connectivity index (χ3n) is 3.40. The first kappa shape index (κ1) is 16.6. The van der Waals surface area contributed by atoms with Crippen LogP contribution in [0.15, 0.2) is 47.1 Å². The minimum atomic E-state index is -1.15. The molecule has 2 aromatic heterocycles. The van der Waals surface area contributed by atoms with Gasteiger partial charge in [0, 0.05) is 22.4 Å². The van der Waals surface area contributed by atoms with E-state index in [1.54, 1.807) is 4.68 Å². The standard InChI is InChI=1S/C17H20N4O2S/c1-17(2,3)16-18-15(23-20-16)12-24(22)11-13-9-10-21(19-13)14-7-5-4-6-8-14/h4-10H,11-12H2,1-3H3. The van der Waals surface area contributed by atoms with Gasteiger partial charge in [-0.25, -0.2) is 4.68 Å². The van der Waals surface area contributed by atoms with Crippen LogP contribution >= 0.6 is 0 Å². The Morgan fingerprint density at radius 1 is 1.12 bits per heavy atom. The first-order chi connectivity index (χ1) is 11.4. The molecule has 0 spiro atoms. The van der Waals surface area contributed by atoms with Crippen LogP contribution in [0.2, 0.25) is 0 Å². The molecule has 24 heavy (non-hydrogen) atoms. The van der Waals surface area contributed by atoms with Gasteiger partial charge < -0.3 is 4.52 Å². The number of hydrogen-bond acceptors (Lipinski definition) is 5. The molecule has 1 atom stereocenters. The van der Waals surface area contributed by atoms with Crippen molar-refractivity contribution < 1.29 is 8.73 Å². The second kappa shape index (κ2) is 6.68. The van der Waals surface area contributed by atoms with Gasteiger partial charge in [0.05, 0.1) is 17.1 Å². The lowest BCUT2D eigenvalue weighted by Gasteiger charge is -2.10. The van der Waals surface area contributed by atoms with E-state index in [4.69, 9.17) is 4.52 Å². The number of nitrogens with zero attached hydrogens (tertiary/aromatic N) is 4. The Balaban J connectivity index is 1.63. The van der Waals surface area contributed by atoms with Gasteiger partial charge in [0.25, 0.3) is 0 Å². The lowest BCUT2D eigenvalue weighted by Crippen LogP contribution is -2.13. The molecule has 0 aliphatic rings. The number of benzene rings is 1. The molecule has 0 radical (unpaired) electrons. The zero-order chi connectivity index (χ0) is 17.2. The molecule has 3 rings (SSSR count). The van der Waals surface area contributed by atoms with E-state index in [-0.39, 0.29) is 11.2 Å². The Bertz CT molecular complexity index is 834. The first-order valence-electron chi connectivity index (χ1n) is 7.70. The van der Waals surface area contributed by atoms with Crippen LogP contribution < -0.4 is 0 Å². The summed E-state index contributed by atoms with van der Waals surface area (Å²) in [5.41, 5.74) is 1.56. The van der Waals surface area contributed by atoms with Crippen LogP contribution in [0, 0.1) is 0 Å². The van der Waals surface area contributed by atoms with E-state index in [9.17, 15) is 4.21 Å². The lowest BCUT2D eigenvalue weighted by molar-refractivity contribution is 0.372. The van der Waals surface area contributed by atoms with E-state index < -0.39 is 10.8 Å². The van der Waals surface area contributed by atoms with Crippen LogP contribution in [0.5, 0.6) is 0 Å². The highest BCUT2D eigenvalue weighted by atomic mass is 32.2. The molecule has 1 aromatic carbocycles. The van der Waals surface area contributed by atoms with Crippen LogP contribution in [-0.4, -0.2) is 24.1 Å². The highest BCUT2D eigenvalue weighted by Crippen LogP contribution is 2.19. The highest BCUT2D eigenvalue weighted by molar-refractivity contribution is 7.83. The van der Waals surface area contributed by atoms with E-state index in [1.165, 1.54) is 0 Å². The number of para-hydroxylation sites is 1. The van der Waals surface area contributed by atoms with Crippen molar-refractivity contribution in [1.82, 2.24) is 19.9 Å². The molecule has 0 aliphatic carbocycles. The molecule has 7 heteroatoms. The fourth-order valence-corrected chi connectivity index (χ4v) is 3.11.